The van der Waals surface area contributed by atoms with E-state index in [2.05, 4.69) is 16.5 Å². The van der Waals surface area contributed by atoms with Gasteiger partial charge in [0, 0.05) is 32.0 Å². The molecule has 2 aliphatic heterocycles. The summed E-state index contributed by atoms with van der Waals surface area (Å²) >= 11 is 0. The minimum absolute atomic E-state index is 0.273. The second-order valence-electron chi connectivity index (χ2n) is 5.88. The van der Waals surface area contributed by atoms with Crippen molar-refractivity contribution in [3.8, 4) is 0 Å². The first-order valence-electron chi connectivity index (χ1n) is 7.57. The molecule has 0 saturated carbocycles. The quantitative estimate of drug-likeness (QED) is 0.886. The molecular weight excluding hydrogens is 240 g/mol. The predicted octanol–water partition coefficient (Wildman–Crippen LogP) is 1.03. The highest BCUT2D eigenvalue weighted by Gasteiger charge is 2.27. The molecule has 1 fully saturated rings. The SMILES string of the molecule is CCN1CCCC(c2nc3n(n2)CCC(CO)C3)C1. The number of aryl methyl sites for hydroxylation is 1. The molecule has 1 saturated heterocycles. The number of likely N-dealkylation sites (tertiary alicyclic amines) is 1. The van der Waals surface area contributed by atoms with Gasteiger partial charge in [-0.05, 0) is 38.3 Å². The van der Waals surface area contributed by atoms with Crippen LogP contribution in [0.5, 0.6) is 0 Å². The normalized spacial score (nSPS) is 28.3. The summed E-state index contributed by atoms with van der Waals surface area (Å²) in [6.45, 7) is 6.85. The zero-order valence-electron chi connectivity index (χ0n) is 11.8. The first-order valence-corrected chi connectivity index (χ1v) is 7.57. The number of fused-ring (bicyclic) bond motifs is 1. The molecule has 106 valence electrons. The number of rotatable bonds is 3. The summed E-state index contributed by atoms with van der Waals surface area (Å²) in [5, 5.41) is 14.0. The third-order valence-electron chi connectivity index (χ3n) is 4.56. The summed E-state index contributed by atoms with van der Waals surface area (Å²) < 4.78 is 2.06. The number of piperidine rings is 1. The molecule has 1 aromatic rings. The smallest absolute Gasteiger partial charge is 0.155 e. The predicted molar refractivity (Wildman–Crippen MR) is 73.0 cm³/mol. The van der Waals surface area contributed by atoms with Crippen LogP contribution in [0.2, 0.25) is 0 Å². The van der Waals surface area contributed by atoms with Crippen LogP contribution in [0.1, 0.15) is 43.8 Å². The van der Waals surface area contributed by atoms with Gasteiger partial charge in [-0.1, -0.05) is 6.92 Å². The third-order valence-corrected chi connectivity index (χ3v) is 4.56. The number of likely N-dealkylation sites (N-methyl/N-ethyl adjacent to an activating group) is 1. The van der Waals surface area contributed by atoms with Crippen LogP contribution < -0.4 is 0 Å². The van der Waals surface area contributed by atoms with Gasteiger partial charge in [-0.3, -0.25) is 0 Å². The molecule has 2 aliphatic rings. The topological polar surface area (TPSA) is 54.2 Å². The molecule has 0 spiro atoms. The molecule has 0 aromatic carbocycles. The second kappa shape index (κ2) is 5.59. The Bertz CT molecular complexity index is 431. The standard InChI is InChI=1S/C14H24N4O/c1-2-17-6-3-4-12(9-17)14-15-13-8-11(10-19)5-7-18(13)16-14/h11-12,19H,2-10H2,1H3. The van der Waals surface area contributed by atoms with Crippen molar-refractivity contribution in [2.75, 3.05) is 26.2 Å². The van der Waals surface area contributed by atoms with E-state index < -0.39 is 0 Å². The summed E-state index contributed by atoms with van der Waals surface area (Å²) in [5.74, 6) is 2.99. The highest BCUT2D eigenvalue weighted by atomic mass is 16.3. The van der Waals surface area contributed by atoms with Gasteiger partial charge >= 0.3 is 0 Å². The summed E-state index contributed by atoms with van der Waals surface area (Å²) in [7, 11) is 0. The Hall–Kier alpha value is -0.940. The van der Waals surface area contributed by atoms with E-state index in [1.165, 1.54) is 19.4 Å². The van der Waals surface area contributed by atoms with Gasteiger partial charge in [-0.25, -0.2) is 9.67 Å². The van der Waals surface area contributed by atoms with E-state index in [-0.39, 0.29) is 6.61 Å². The molecule has 0 radical (unpaired) electrons. The minimum Gasteiger partial charge on any atom is -0.396 e. The van der Waals surface area contributed by atoms with Gasteiger partial charge in [0.15, 0.2) is 5.82 Å². The number of aliphatic hydroxyl groups excluding tert-OH is 1. The number of nitrogens with zero attached hydrogens (tertiary/aromatic N) is 4. The Balaban J connectivity index is 1.74. The molecule has 1 N–H and O–H groups in total. The Kier molecular flexibility index (Phi) is 3.84. The molecule has 0 amide bonds. The van der Waals surface area contributed by atoms with Crippen molar-refractivity contribution >= 4 is 0 Å². The van der Waals surface area contributed by atoms with E-state index in [9.17, 15) is 5.11 Å². The van der Waals surface area contributed by atoms with Crippen LogP contribution >= 0.6 is 0 Å². The van der Waals surface area contributed by atoms with Crippen molar-refractivity contribution in [2.24, 2.45) is 5.92 Å². The van der Waals surface area contributed by atoms with Crippen LogP contribution in [0.3, 0.4) is 0 Å². The monoisotopic (exact) mass is 264 g/mol. The van der Waals surface area contributed by atoms with Gasteiger partial charge in [0.2, 0.25) is 0 Å². The van der Waals surface area contributed by atoms with Crippen molar-refractivity contribution in [3.63, 3.8) is 0 Å². The van der Waals surface area contributed by atoms with Crippen LogP contribution in [0.4, 0.5) is 0 Å². The van der Waals surface area contributed by atoms with Crippen LogP contribution in [0.15, 0.2) is 0 Å². The Labute approximate surface area is 114 Å². The Morgan fingerprint density at radius 2 is 2.21 bits per heavy atom. The molecule has 1 aromatic heterocycles. The molecule has 3 rings (SSSR count). The van der Waals surface area contributed by atoms with Crippen LogP contribution in [-0.2, 0) is 13.0 Å². The number of hydrogen-bond acceptors (Lipinski definition) is 4. The number of hydrogen-bond donors (Lipinski definition) is 1. The van der Waals surface area contributed by atoms with Crippen molar-refractivity contribution in [1.29, 1.82) is 0 Å². The fourth-order valence-corrected chi connectivity index (χ4v) is 3.27. The van der Waals surface area contributed by atoms with Gasteiger partial charge in [0.25, 0.3) is 0 Å². The Morgan fingerprint density at radius 1 is 1.32 bits per heavy atom. The van der Waals surface area contributed by atoms with E-state index in [0.29, 0.717) is 11.8 Å². The van der Waals surface area contributed by atoms with Crippen molar-refractivity contribution in [1.82, 2.24) is 19.7 Å². The number of aliphatic hydroxyl groups is 1. The van der Waals surface area contributed by atoms with Crippen LogP contribution in [-0.4, -0.2) is 51.0 Å². The lowest BCUT2D eigenvalue weighted by Gasteiger charge is -2.30. The maximum absolute atomic E-state index is 9.27. The van der Waals surface area contributed by atoms with Gasteiger partial charge in [0.05, 0.1) is 0 Å². The van der Waals surface area contributed by atoms with E-state index in [1.54, 1.807) is 0 Å². The second-order valence-corrected chi connectivity index (χ2v) is 5.88. The zero-order valence-corrected chi connectivity index (χ0v) is 11.8. The molecule has 2 atom stereocenters. The van der Waals surface area contributed by atoms with Crippen LogP contribution in [0, 0.1) is 5.92 Å². The summed E-state index contributed by atoms with van der Waals surface area (Å²) in [4.78, 5) is 7.25. The summed E-state index contributed by atoms with van der Waals surface area (Å²) in [5.41, 5.74) is 0. The zero-order chi connectivity index (χ0) is 13.2. The van der Waals surface area contributed by atoms with E-state index in [4.69, 9.17) is 10.1 Å². The molecule has 5 heteroatoms. The average molecular weight is 264 g/mol. The molecule has 0 bridgehead atoms. The third kappa shape index (κ3) is 2.67. The minimum atomic E-state index is 0.273. The lowest BCUT2D eigenvalue weighted by molar-refractivity contribution is 0.195. The fourth-order valence-electron chi connectivity index (χ4n) is 3.27. The fraction of sp³-hybridized carbons (Fsp3) is 0.857. The molecule has 0 aliphatic carbocycles. The van der Waals surface area contributed by atoms with E-state index in [0.717, 1.165) is 44.1 Å². The van der Waals surface area contributed by atoms with E-state index in [1.807, 2.05) is 0 Å². The van der Waals surface area contributed by atoms with Crippen molar-refractivity contribution < 1.29 is 5.11 Å². The van der Waals surface area contributed by atoms with E-state index >= 15 is 0 Å². The van der Waals surface area contributed by atoms with Crippen LogP contribution in [0.25, 0.3) is 0 Å². The van der Waals surface area contributed by atoms with Gasteiger partial charge in [-0.2, -0.15) is 5.10 Å². The number of aromatic nitrogens is 3. The maximum atomic E-state index is 9.27. The largest absolute Gasteiger partial charge is 0.396 e. The Morgan fingerprint density at radius 3 is 3.00 bits per heavy atom. The maximum Gasteiger partial charge on any atom is 0.155 e. The first kappa shape index (κ1) is 13.1. The average Bonchev–Trinajstić information content (AvgIpc) is 2.90. The lowest BCUT2D eigenvalue weighted by atomic mass is 9.97. The molecule has 2 unspecified atom stereocenters. The highest BCUT2D eigenvalue weighted by Crippen LogP contribution is 2.26. The van der Waals surface area contributed by atoms with Gasteiger partial charge < -0.3 is 10.0 Å². The molecule has 5 nitrogen and oxygen atoms in total. The van der Waals surface area contributed by atoms with Crippen molar-refractivity contribution in [2.45, 2.75) is 45.1 Å². The lowest BCUT2D eigenvalue weighted by Crippen LogP contribution is -2.34. The molecule has 3 heterocycles. The van der Waals surface area contributed by atoms with Gasteiger partial charge in [0.1, 0.15) is 5.82 Å². The molecular formula is C14H24N4O. The highest BCUT2D eigenvalue weighted by molar-refractivity contribution is 5.04. The van der Waals surface area contributed by atoms with Gasteiger partial charge in [-0.15, -0.1) is 0 Å². The summed E-state index contributed by atoms with van der Waals surface area (Å²) in [6.07, 6.45) is 4.37. The first-order chi connectivity index (χ1) is 9.30. The van der Waals surface area contributed by atoms with Crippen molar-refractivity contribution in [3.05, 3.63) is 11.6 Å². The molecule has 19 heavy (non-hydrogen) atoms. The summed E-state index contributed by atoms with van der Waals surface area (Å²) in [6, 6.07) is 0.